The highest BCUT2D eigenvalue weighted by Gasteiger charge is 2.16. The van der Waals surface area contributed by atoms with E-state index in [0.717, 1.165) is 0 Å². The number of nitrogens with one attached hydrogen (secondary N) is 2. The van der Waals surface area contributed by atoms with Gasteiger partial charge in [0.05, 0.1) is 18.2 Å². The number of nitrogens with zero attached hydrogens (tertiary/aromatic N) is 1. The first-order valence-corrected chi connectivity index (χ1v) is 6.83. The number of imidazole rings is 1. The SMILES string of the molecule is Nc1ccc(Br)c(NS(=O)(=O)c2cnc[nH]2)c1. The van der Waals surface area contributed by atoms with Crippen LogP contribution < -0.4 is 10.5 Å². The molecule has 0 amide bonds. The van der Waals surface area contributed by atoms with Gasteiger partial charge in [-0.2, -0.15) is 8.42 Å². The van der Waals surface area contributed by atoms with Crippen molar-refractivity contribution in [2.45, 2.75) is 5.03 Å². The van der Waals surface area contributed by atoms with Crippen molar-refractivity contribution in [2.24, 2.45) is 0 Å². The molecule has 0 saturated heterocycles. The van der Waals surface area contributed by atoms with Gasteiger partial charge < -0.3 is 10.7 Å². The van der Waals surface area contributed by atoms with Crippen LogP contribution in [-0.2, 0) is 10.0 Å². The number of rotatable bonds is 3. The van der Waals surface area contributed by atoms with Gasteiger partial charge in [-0.3, -0.25) is 4.72 Å². The van der Waals surface area contributed by atoms with E-state index < -0.39 is 10.0 Å². The van der Waals surface area contributed by atoms with E-state index in [1.807, 2.05) is 0 Å². The van der Waals surface area contributed by atoms with E-state index in [2.05, 4.69) is 30.6 Å². The zero-order valence-corrected chi connectivity index (χ0v) is 10.9. The van der Waals surface area contributed by atoms with Gasteiger partial charge in [0.2, 0.25) is 0 Å². The summed E-state index contributed by atoms with van der Waals surface area (Å²) in [7, 11) is -3.66. The molecule has 4 N–H and O–H groups in total. The summed E-state index contributed by atoms with van der Waals surface area (Å²) in [4.78, 5) is 6.18. The number of hydrogen-bond acceptors (Lipinski definition) is 4. The Balaban J connectivity index is 2.36. The first kappa shape index (κ1) is 11.9. The summed E-state index contributed by atoms with van der Waals surface area (Å²) >= 11 is 3.24. The number of aromatic nitrogens is 2. The fraction of sp³-hybridized carbons (Fsp3) is 0. The molecule has 0 radical (unpaired) electrons. The van der Waals surface area contributed by atoms with E-state index >= 15 is 0 Å². The number of nitrogens with two attached hydrogens (primary N) is 1. The monoisotopic (exact) mass is 316 g/mol. The van der Waals surface area contributed by atoms with Gasteiger partial charge in [0.25, 0.3) is 10.0 Å². The van der Waals surface area contributed by atoms with E-state index in [9.17, 15) is 8.42 Å². The molecule has 2 aromatic rings. The zero-order chi connectivity index (χ0) is 12.5. The number of sulfonamides is 1. The second-order valence-electron chi connectivity index (χ2n) is 3.26. The molecule has 1 aromatic heterocycles. The van der Waals surface area contributed by atoms with Gasteiger partial charge >= 0.3 is 0 Å². The number of H-pyrrole nitrogens is 1. The molecule has 1 aromatic carbocycles. The molecule has 0 fully saturated rings. The number of nitrogen functional groups attached to an aromatic ring is 1. The Kier molecular flexibility index (Phi) is 3.07. The van der Waals surface area contributed by atoms with Gasteiger partial charge in [-0.25, -0.2) is 4.98 Å². The predicted octanol–water partition coefficient (Wildman–Crippen LogP) is 1.56. The zero-order valence-electron chi connectivity index (χ0n) is 8.51. The number of halogens is 1. The van der Waals surface area contributed by atoms with E-state index in [0.29, 0.717) is 15.8 Å². The molecule has 2 rings (SSSR count). The quantitative estimate of drug-likeness (QED) is 0.748. The third-order valence-corrected chi connectivity index (χ3v) is 3.98. The Morgan fingerprint density at radius 2 is 2.18 bits per heavy atom. The second kappa shape index (κ2) is 4.38. The summed E-state index contributed by atoms with van der Waals surface area (Å²) in [6.07, 6.45) is 2.52. The van der Waals surface area contributed by atoms with Crippen LogP contribution >= 0.6 is 15.9 Å². The minimum atomic E-state index is -3.66. The maximum atomic E-state index is 11.9. The first-order valence-electron chi connectivity index (χ1n) is 4.55. The van der Waals surface area contributed by atoms with Crippen molar-refractivity contribution in [2.75, 3.05) is 10.5 Å². The highest BCUT2D eigenvalue weighted by molar-refractivity contribution is 9.10. The van der Waals surface area contributed by atoms with Gasteiger partial charge in [-0.05, 0) is 34.1 Å². The Hall–Kier alpha value is -1.54. The second-order valence-corrected chi connectivity index (χ2v) is 5.77. The Labute approximate surface area is 106 Å². The summed E-state index contributed by atoms with van der Waals surface area (Å²) in [5.74, 6) is 0. The first-order chi connectivity index (χ1) is 7.99. The lowest BCUT2D eigenvalue weighted by atomic mass is 10.3. The standard InChI is InChI=1S/C9H9BrN4O2S/c10-7-2-1-6(11)3-8(7)14-17(15,16)9-4-12-5-13-9/h1-5,14H,11H2,(H,12,13). The molecular formula is C9H9BrN4O2S. The van der Waals surface area contributed by atoms with Gasteiger partial charge in [-0.1, -0.05) is 0 Å². The smallest absolute Gasteiger partial charge is 0.279 e. The molecule has 0 spiro atoms. The molecule has 6 nitrogen and oxygen atoms in total. The largest absolute Gasteiger partial charge is 0.399 e. The van der Waals surface area contributed by atoms with Crippen LogP contribution in [0.2, 0.25) is 0 Å². The van der Waals surface area contributed by atoms with Crippen molar-refractivity contribution in [1.82, 2.24) is 9.97 Å². The molecule has 1 heterocycles. The van der Waals surface area contributed by atoms with Crippen LogP contribution in [0.4, 0.5) is 11.4 Å². The average molecular weight is 317 g/mol. The highest BCUT2D eigenvalue weighted by Crippen LogP contribution is 2.26. The van der Waals surface area contributed by atoms with E-state index in [1.165, 1.54) is 18.6 Å². The Morgan fingerprint density at radius 3 is 2.82 bits per heavy atom. The summed E-state index contributed by atoms with van der Waals surface area (Å²) in [5.41, 5.74) is 6.43. The van der Waals surface area contributed by atoms with Gasteiger partial charge in [-0.15, -0.1) is 0 Å². The topological polar surface area (TPSA) is 101 Å². The molecule has 0 atom stereocenters. The minimum Gasteiger partial charge on any atom is -0.399 e. The Morgan fingerprint density at radius 1 is 1.41 bits per heavy atom. The van der Waals surface area contributed by atoms with Crippen LogP contribution in [0.25, 0.3) is 0 Å². The van der Waals surface area contributed by atoms with E-state index in [1.54, 1.807) is 12.1 Å². The van der Waals surface area contributed by atoms with Crippen molar-refractivity contribution in [3.05, 3.63) is 35.2 Å². The summed E-state index contributed by atoms with van der Waals surface area (Å²) in [6.45, 7) is 0. The molecule has 0 unspecified atom stereocenters. The molecule has 8 heteroatoms. The minimum absolute atomic E-state index is 0.00757. The molecular weight excluding hydrogens is 308 g/mol. The van der Waals surface area contributed by atoms with Crippen LogP contribution in [0.15, 0.2) is 40.2 Å². The highest BCUT2D eigenvalue weighted by atomic mass is 79.9. The molecule has 0 aliphatic rings. The molecule has 17 heavy (non-hydrogen) atoms. The maximum absolute atomic E-state index is 11.9. The fourth-order valence-corrected chi connectivity index (χ4v) is 2.66. The third kappa shape index (κ3) is 2.59. The van der Waals surface area contributed by atoms with Crippen molar-refractivity contribution in [1.29, 1.82) is 0 Å². The molecule has 90 valence electrons. The van der Waals surface area contributed by atoms with Crippen LogP contribution in [0.5, 0.6) is 0 Å². The van der Waals surface area contributed by atoms with E-state index in [-0.39, 0.29) is 5.03 Å². The lowest BCUT2D eigenvalue weighted by Crippen LogP contribution is -2.13. The van der Waals surface area contributed by atoms with Crippen molar-refractivity contribution >= 4 is 37.3 Å². The van der Waals surface area contributed by atoms with Crippen molar-refractivity contribution in [3.63, 3.8) is 0 Å². The number of aromatic amines is 1. The summed E-state index contributed by atoms with van der Waals surface area (Å²) in [5, 5.41) is -0.00757. The van der Waals surface area contributed by atoms with E-state index in [4.69, 9.17) is 5.73 Å². The molecule has 0 aliphatic heterocycles. The predicted molar refractivity (Wildman–Crippen MR) is 68.0 cm³/mol. The molecule has 0 aliphatic carbocycles. The number of anilines is 2. The lowest BCUT2D eigenvalue weighted by molar-refractivity contribution is 0.598. The summed E-state index contributed by atoms with van der Waals surface area (Å²) in [6, 6.07) is 4.86. The summed E-state index contributed by atoms with van der Waals surface area (Å²) < 4.78 is 26.8. The number of hydrogen-bond donors (Lipinski definition) is 3. The van der Waals surface area contributed by atoms with Crippen LogP contribution in [0.1, 0.15) is 0 Å². The van der Waals surface area contributed by atoms with Gasteiger partial charge in [0.1, 0.15) is 0 Å². The lowest BCUT2D eigenvalue weighted by Gasteiger charge is -2.08. The average Bonchev–Trinajstić information content (AvgIpc) is 2.77. The van der Waals surface area contributed by atoms with Crippen molar-refractivity contribution < 1.29 is 8.42 Å². The van der Waals surface area contributed by atoms with Crippen LogP contribution in [0, 0.1) is 0 Å². The van der Waals surface area contributed by atoms with Gasteiger partial charge in [0.15, 0.2) is 5.03 Å². The Bertz CT molecular complexity index is 624. The van der Waals surface area contributed by atoms with Crippen molar-refractivity contribution in [3.8, 4) is 0 Å². The fourth-order valence-electron chi connectivity index (χ4n) is 1.21. The van der Waals surface area contributed by atoms with Crippen LogP contribution in [0.3, 0.4) is 0 Å². The third-order valence-electron chi connectivity index (χ3n) is 2.00. The molecule has 0 bridgehead atoms. The number of benzene rings is 1. The molecule has 0 saturated carbocycles. The normalized spacial score (nSPS) is 11.4. The van der Waals surface area contributed by atoms with Crippen LogP contribution in [-0.4, -0.2) is 18.4 Å². The van der Waals surface area contributed by atoms with Gasteiger partial charge in [0, 0.05) is 10.2 Å². The maximum Gasteiger partial charge on any atom is 0.279 e.